The van der Waals surface area contributed by atoms with Crippen LogP contribution in [-0.2, 0) is 0 Å². The van der Waals surface area contributed by atoms with Gasteiger partial charge in [0.05, 0.1) is 29.7 Å². The van der Waals surface area contributed by atoms with Gasteiger partial charge in [-0.25, -0.2) is 9.97 Å². The van der Waals surface area contributed by atoms with Gasteiger partial charge in [0.25, 0.3) is 0 Å². The molecular weight excluding hydrogens is 278 g/mol. The van der Waals surface area contributed by atoms with E-state index in [4.69, 9.17) is 0 Å². The third-order valence-corrected chi connectivity index (χ3v) is 4.61. The first kappa shape index (κ1) is 13.3. The summed E-state index contributed by atoms with van der Waals surface area (Å²) in [7, 11) is 0. The van der Waals surface area contributed by atoms with Gasteiger partial charge in [-0.05, 0) is 32.3 Å². The van der Waals surface area contributed by atoms with E-state index in [9.17, 15) is 10.4 Å². The molecule has 3 aromatic heterocycles. The van der Waals surface area contributed by atoms with Crippen molar-refractivity contribution in [3.8, 4) is 6.07 Å². The highest BCUT2D eigenvalue weighted by atomic mass is 16.3. The van der Waals surface area contributed by atoms with E-state index in [1.807, 2.05) is 12.3 Å². The van der Waals surface area contributed by atoms with Gasteiger partial charge in [-0.3, -0.25) is 0 Å². The highest BCUT2D eigenvalue weighted by Gasteiger charge is 2.33. The van der Waals surface area contributed by atoms with Crippen LogP contribution < -0.4 is 0 Å². The van der Waals surface area contributed by atoms with Gasteiger partial charge in [0.15, 0.2) is 0 Å². The predicted octanol–water partition coefficient (Wildman–Crippen LogP) is 2.83. The Morgan fingerprint density at radius 3 is 3.14 bits per heavy atom. The van der Waals surface area contributed by atoms with Gasteiger partial charge < -0.3 is 14.7 Å². The Morgan fingerprint density at radius 1 is 1.50 bits per heavy atom. The second-order valence-electron chi connectivity index (χ2n) is 5.98. The summed E-state index contributed by atoms with van der Waals surface area (Å²) >= 11 is 0. The van der Waals surface area contributed by atoms with Crippen molar-refractivity contribution in [2.24, 2.45) is 5.92 Å². The van der Waals surface area contributed by atoms with Gasteiger partial charge in [0.2, 0.25) is 0 Å². The Balaban J connectivity index is 2.07. The van der Waals surface area contributed by atoms with E-state index in [-0.39, 0.29) is 12.0 Å². The van der Waals surface area contributed by atoms with Crippen LogP contribution in [0.5, 0.6) is 0 Å². The number of aliphatic hydroxyl groups is 1. The van der Waals surface area contributed by atoms with Gasteiger partial charge in [0, 0.05) is 11.6 Å². The average Bonchev–Trinajstić information content (AvgIpc) is 3.22. The number of nitrogens with one attached hydrogen (secondary N) is 1. The van der Waals surface area contributed by atoms with Gasteiger partial charge >= 0.3 is 0 Å². The fourth-order valence-electron chi connectivity index (χ4n) is 3.64. The summed E-state index contributed by atoms with van der Waals surface area (Å²) < 4.78 is 2.08. The van der Waals surface area contributed by atoms with Crippen molar-refractivity contribution < 1.29 is 5.11 Å². The zero-order valence-electron chi connectivity index (χ0n) is 12.3. The lowest BCUT2D eigenvalue weighted by atomic mass is 10.0. The summed E-state index contributed by atoms with van der Waals surface area (Å²) in [5, 5.41) is 20.6. The second kappa shape index (κ2) is 4.82. The molecule has 22 heavy (non-hydrogen) atoms. The standard InChI is InChI=1S/C16H17N5O/c1-9(22)16-20-12-8-19-15-11(5-6-18-15)14(12)21(16)13-4-2-3-10(13)7-17/h5-6,8-10,13,22H,2-4H2,1H3,(H,18,19)/t9-,10-,13-/m1/s1. The van der Waals surface area contributed by atoms with Crippen LogP contribution in [0.2, 0.25) is 0 Å². The molecule has 0 aliphatic heterocycles. The number of aromatic nitrogens is 4. The van der Waals surface area contributed by atoms with Crippen molar-refractivity contribution >= 4 is 22.1 Å². The van der Waals surface area contributed by atoms with Crippen LogP contribution in [-0.4, -0.2) is 24.6 Å². The lowest BCUT2D eigenvalue weighted by Gasteiger charge is -2.20. The predicted molar refractivity (Wildman–Crippen MR) is 82.0 cm³/mol. The molecule has 4 rings (SSSR count). The van der Waals surface area contributed by atoms with E-state index in [2.05, 4.69) is 25.6 Å². The van der Waals surface area contributed by atoms with Crippen molar-refractivity contribution in [3.05, 3.63) is 24.3 Å². The SMILES string of the molecule is C[C@@H](O)c1nc2cnc3[nH]ccc3c2n1[C@@H]1CCC[C@@H]1C#N. The molecule has 1 aliphatic carbocycles. The van der Waals surface area contributed by atoms with Gasteiger partial charge in [-0.2, -0.15) is 5.26 Å². The van der Waals surface area contributed by atoms with Gasteiger partial charge in [-0.1, -0.05) is 0 Å². The van der Waals surface area contributed by atoms with Crippen LogP contribution in [0.15, 0.2) is 18.5 Å². The Hall–Kier alpha value is -2.39. The topological polar surface area (TPSA) is 90.5 Å². The number of fused-ring (bicyclic) bond motifs is 3. The van der Waals surface area contributed by atoms with E-state index in [0.717, 1.165) is 41.3 Å². The molecule has 1 fully saturated rings. The number of pyridine rings is 1. The zero-order valence-corrected chi connectivity index (χ0v) is 12.3. The van der Waals surface area contributed by atoms with E-state index in [1.165, 1.54) is 0 Å². The minimum Gasteiger partial charge on any atom is -0.385 e. The Morgan fingerprint density at radius 2 is 2.36 bits per heavy atom. The molecule has 3 atom stereocenters. The fourth-order valence-corrected chi connectivity index (χ4v) is 3.64. The van der Waals surface area contributed by atoms with Crippen LogP contribution in [0.1, 0.15) is 44.2 Å². The normalized spacial score (nSPS) is 23.1. The van der Waals surface area contributed by atoms with E-state index >= 15 is 0 Å². The largest absolute Gasteiger partial charge is 0.385 e. The first-order valence-corrected chi connectivity index (χ1v) is 7.62. The molecule has 0 amide bonds. The van der Waals surface area contributed by atoms with Crippen molar-refractivity contribution in [1.82, 2.24) is 19.5 Å². The molecular formula is C16H17N5O. The van der Waals surface area contributed by atoms with Crippen molar-refractivity contribution in [2.45, 2.75) is 38.3 Å². The highest BCUT2D eigenvalue weighted by molar-refractivity contribution is 6.01. The number of nitriles is 1. The van der Waals surface area contributed by atoms with E-state index < -0.39 is 6.10 Å². The molecule has 2 N–H and O–H groups in total. The maximum atomic E-state index is 10.2. The Labute approximate surface area is 127 Å². The molecule has 3 aromatic rings. The third-order valence-electron chi connectivity index (χ3n) is 4.61. The van der Waals surface area contributed by atoms with Crippen LogP contribution in [0.4, 0.5) is 0 Å². The zero-order chi connectivity index (χ0) is 15.3. The Kier molecular flexibility index (Phi) is 2.91. The summed E-state index contributed by atoms with van der Waals surface area (Å²) in [4.78, 5) is 12.1. The first-order valence-electron chi connectivity index (χ1n) is 7.62. The summed E-state index contributed by atoms with van der Waals surface area (Å²) in [5.41, 5.74) is 2.54. The maximum absolute atomic E-state index is 10.2. The smallest absolute Gasteiger partial charge is 0.139 e. The number of hydrogen-bond donors (Lipinski definition) is 2. The minimum absolute atomic E-state index is 0.0305. The molecule has 0 spiro atoms. The first-order chi connectivity index (χ1) is 10.7. The van der Waals surface area contributed by atoms with Gasteiger partial charge in [-0.15, -0.1) is 0 Å². The lowest BCUT2D eigenvalue weighted by molar-refractivity contribution is 0.180. The molecule has 0 radical (unpaired) electrons. The number of hydrogen-bond acceptors (Lipinski definition) is 4. The monoisotopic (exact) mass is 295 g/mol. The van der Waals surface area contributed by atoms with Crippen molar-refractivity contribution in [3.63, 3.8) is 0 Å². The molecule has 6 heteroatoms. The number of rotatable bonds is 2. The number of nitrogens with zero attached hydrogens (tertiary/aromatic N) is 4. The molecule has 1 aliphatic rings. The van der Waals surface area contributed by atoms with E-state index in [0.29, 0.717) is 5.82 Å². The molecule has 0 unspecified atom stereocenters. The number of H-pyrrole nitrogens is 1. The van der Waals surface area contributed by atoms with Crippen LogP contribution >= 0.6 is 0 Å². The summed E-state index contributed by atoms with van der Waals surface area (Å²) in [5.74, 6) is 0.592. The third kappa shape index (κ3) is 1.76. The van der Waals surface area contributed by atoms with Crippen LogP contribution in [0.25, 0.3) is 22.1 Å². The molecule has 1 saturated carbocycles. The maximum Gasteiger partial charge on any atom is 0.139 e. The molecule has 0 aromatic carbocycles. The average molecular weight is 295 g/mol. The van der Waals surface area contributed by atoms with Gasteiger partial charge in [0.1, 0.15) is 23.1 Å². The molecule has 0 bridgehead atoms. The number of imidazole rings is 1. The molecule has 0 saturated heterocycles. The van der Waals surface area contributed by atoms with Crippen LogP contribution in [0.3, 0.4) is 0 Å². The summed E-state index contributed by atoms with van der Waals surface area (Å²) in [6, 6.07) is 4.47. The summed E-state index contributed by atoms with van der Waals surface area (Å²) in [6.07, 6.45) is 5.78. The highest BCUT2D eigenvalue weighted by Crippen LogP contribution is 2.40. The van der Waals surface area contributed by atoms with Crippen LogP contribution in [0, 0.1) is 17.2 Å². The minimum atomic E-state index is -0.679. The second-order valence-corrected chi connectivity index (χ2v) is 5.98. The quantitative estimate of drug-likeness (QED) is 0.760. The molecule has 3 heterocycles. The number of aliphatic hydroxyl groups excluding tert-OH is 1. The van der Waals surface area contributed by atoms with Crippen molar-refractivity contribution in [1.29, 1.82) is 5.26 Å². The summed E-state index contributed by atoms with van der Waals surface area (Å²) in [6.45, 7) is 1.72. The van der Waals surface area contributed by atoms with Crippen molar-refractivity contribution in [2.75, 3.05) is 0 Å². The molecule has 6 nitrogen and oxygen atoms in total. The van der Waals surface area contributed by atoms with E-state index in [1.54, 1.807) is 13.1 Å². The number of aromatic amines is 1. The molecule has 112 valence electrons. The Bertz CT molecular complexity index is 885. The lowest BCUT2D eigenvalue weighted by Crippen LogP contribution is -2.17. The fraction of sp³-hybridized carbons (Fsp3) is 0.438.